The molecule has 6 nitrogen and oxygen atoms in total. The van der Waals surface area contributed by atoms with Crippen LogP contribution in [0.25, 0.3) is 0 Å². The van der Waals surface area contributed by atoms with E-state index in [9.17, 15) is 14.7 Å². The average Bonchev–Trinajstić information content (AvgIpc) is 3.07. The lowest BCUT2D eigenvalue weighted by atomic mass is 9.78. The second-order valence-corrected chi connectivity index (χ2v) is 8.05. The molecule has 27 heavy (non-hydrogen) atoms. The quantitative estimate of drug-likeness (QED) is 0.589. The van der Waals surface area contributed by atoms with E-state index in [2.05, 4.69) is 11.9 Å². The number of piperidine rings is 1. The summed E-state index contributed by atoms with van der Waals surface area (Å²) in [7, 11) is 0. The Balaban J connectivity index is 1.51. The molecule has 1 aromatic rings. The third-order valence-corrected chi connectivity index (χ3v) is 6.29. The maximum Gasteiger partial charge on any atom is 0.245 e. The predicted molar refractivity (Wildman–Crippen MR) is 106 cm³/mol. The first kappa shape index (κ1) is 19.8. The number of carbonyl (C=O) groups excluding carboxylic acids is 2. The van der Waals surface area contributed by atoms with Crippen molar-refractivity contribution >= 4 is 40.7 Å². The highest BCUT2D eigenvalue weighted by Gasteiger charge is 2.42. The van der Waals surface area contributed by atoms with Gasteiger partial charge in [-0.1, -0.05) is 29.8 Å². The summed E-state index contributed by atoms with van der Waals surface area (Å²) in [5, 5.41) is 13.4. The van der Waals surface area contributed by atoms with Crippen molar-refractivity contribution in [2.75, 3.05) is 38.0 Å². The van der Waals surface area contributed by atoms with Gasteiger partial charge in [0.05, 0.1) is 22.3 Å². The van der Waals surface area contributed by atoms with E-state index >= 15 is 0 Å². The van der Waals surface area contributed by atoms with Gasteiger partial charge in [-0.05, 0) is 36.8 Å². The number of hydrogen-bond donors (Lipinski definition) is 2. The van der Waals surface area contributed by atoms with E-state index in [0.29, 0.717) is 23.8 Å². The second-order valence-electron chi connectivity index (χ2n) is 7.23. The van der Waals surface area contributed by atoms with Crippen LogP contribution >= 0.6 is 23.2 Å². The van der Waals surface area contributed by atoms with E-state index < -0.39 is 0 Å². The molecular formula is C19H23Cl2N3O3. The van der Waals surface area contributed by atoms with Gasteiger partial charge >= 0.3 is 0 Å². The number of halogens is 2. The molecule has 1 spiro atoms. The summed E-state index contributed by atoms with van der Waals surface area (Å²) in [5.74, 6) is -0.101. The van der Waals surface area contributed by atoms with Gasteiger partial charge < -0.3 is 20.2 Å². The fourth-order valence-electron chi connectivity index (χ4n) is 3.85. The Morgan fingerprint density at radius 3 is 2.37 bits per heavy atom. The van der Waals surface area contributed by atoms with Gasteiger partial charge in [-0.25, -0.2) is 0 Å². The molecule has 2 aliphatic rings. The van der Waals surface area contributed by atoms with E-state index in [1.54, 1.807) is 0 Å². The number of aromatic hydroxyl groups is 1. The van der Waals surface area contributed by atoms with Gasteiger partial charge in [0.1, 0.15) is 5.75 Å². The minimum Gasteiger partial charge on any atom is -0.506 e. The Labute approximate surface area is 168 Å². The minimum atomic E-state index is -0.0484. The summed E-state index contributed by atoms with van der Waals surface area (Å²) >= 11 is 11.8. The molecule has 2 saturated heterocycles. The van der Waals surface area contributed by atoms with Gasteiger partial charge in [0.2, 0.25) is 11.8 Å². The van der Waals surface area contributed by atoms with E-state index in [0.717, 1.165) is 32.4 Å². The van der Waals surface area contributed by atoms with Crippen LogP contribution in [0, 0.1) is 5.41 Å². The van der Waals surface area contributed by atoms with E-state index in [1.807, 2.05) is 9.80 Å². The van der Waals surface area contributed by atoms with Crippen LogP contribution in [0.2, 0.25) is 10.0 Å². The molecular weight excluding hydrogens is 389 g/mol. The van der Waals surface area contributed by atoms with Gasteiger partial charge in [-0.2, -0.15) is 0 Å². The Hall–Kier alpha value is -1.92. The van der Waals surface area contributed by atoms with Gasteiger partial charge in [-0.15, -0.1) is 0 Å². The number of phenolic OH excluding ortho intramolecular Hbond substituents is 1. The number of likely N-dealkylation sites (tertiary alicyclic amines) is 2. The number of anilines is 1. The van der Waals surface area contributed by atoms with Gasteiger partial charge in [0.25, 0.3) is 0 Å². The standard InChI is InChI=1S/C19H23Cl2N3O3/c1-2-17(26)24-8-5-19(12-24)3-6-23(7-4-19)18(27)11-22-15-9-13(20)14(21)10-16(15)25/h2,9-10,22,25H,1,3-8,11-12H2. The predicted octanol–water partition coefficient (Wildman–Crippen LogP) is 3.14. The number of rotatable bonds is 4. The van der Waals surface area contributed by atoms with Crippen LogP contribution in [0.5, 0.6) is 5.75 Å². The zero-order valence-electron chi connectivity index (χ0n) is 15.0. The third kappa shape index (κ3) is 4.33. The molecule has 2 N–H and O–H groups in total. The number of hydrogen-bond acceptors (Lipinski definition) is 4. The fourth-order valence-corrected chi connectivity index (χ4v) is 4.17. The van der Waals surface area contributed by atoms with Crippen LogP contribution in [-0.2, 0) is 9.59 Å². The highest BCUT2D eigenvalue weighted by molar-refractivity contribution is 6.42. The van der Waals surface area contributed by atoms with Crippen LogP contribution in [0.1, 0.15) is 19.3 Å². The normalized spacial score (nSPS) is 18.6. The van der Waals surface area contributed by atoms with E-state index in [-0.39, 0.29) is 34.5 Å². The molecule has 0 unspecified atom stereocenters. The lowest BCUT2D eigenvalue weighted by molar-refractivity contribution is -0.132. The van der Waals surface area contributed by atoms with Crippen molar-refractivity contribution in [2.24, 2.45) is 5.41 Å². The molecule has 0 bridgehead atoms. The molecule has 2 fully saturated rings. The van der Waals surface area contributed by atoms with E-state index in [4.69, 9.17) is 23.2 Å². The molecule has 2 heterocycles. The van der Waals surface area contributed by atoms with Crippen molar-refractivity contribution in [2.45, 2.75) is 19.3 Å². The third-order valence-electron chi connectivity index (χ3n) is 5.57. The van der Waals surface area contributed by atoms with Crippen LogP contribution in [0.3, 0.4) is 0 Å². The number of carbonyl (C=O) groups is 2. The monoisotopic (exact) mass is 411 g/mol. The number of nitrogens with zero attached hydrogens (tertiary/aromatic N) is 2. The summed E-state index contributed by atoms with van der Waals surface area (Å²) in [4.78, 5) is 28.0. The Morgan fingerprint density at radius 2 is 1.74 bits per heavy atom. The minimum absolute atomic E-state index is 0.0176. The first-order chi connectivity index (χ1) is 12.8. The molecule has 0 aromatic heterocycles. The first-order valence-electron chi connectivity index (χ1n) is 8.94. The van der Waals surface area contributed by atoms with Crippen molar-refractivity contribution in [1.29, 1.82) is 0 Å². The van der Waals surface area contributed by atoms with Crippen LogP contribution in [-0.4, -0.2) is 59.4 Å². The second kappa shape index (κ2) is 7.98. The smallest absolute Gasteiger partial charge is 0.245 e. The molecule has 0 saturated carbocycles. The molecule has 2 aliphatic heterocycles. The highest BCUT2D eigenvalue weighted by Crippen LogP contribution is 2.40. The summed E-state index contributed by atoms with van der Waals surface area (Å²) in [6.45, 7) is 6.47. The van der Waals surface area contributed by atoms with Gasteiger partial charge in [0, 0.05) is 32.2 Å². The number of phenols is 1. The summed E-state index contributed by atoms with van der Waals surface area (Å²) in [6.07, 6.45) is 4.11. The lowest BCUT2D eigenvalue weighted by Gasteiger charge is -2.39. The SMILES string of the molecule is C=CC(=O)N1CCC2(CCN(C(=O)CNc3cc(Cl)c(Cl)cc3O)CC2)C1. The topological polar surface area (TPSA) is 72.9 Å². The van der Waals surface area contributed by atoms with Crippen molar-refractivity contribution in [3.8, 4) is 5.75 Å². The van der Waals surface area contributed by atoms with Crippen molar-refractivity contribution in [3.63, 3.8) is 0 Å². The molecule has 1 aromatic carbocycles. The van der Waals surface area contributed by atoms with Crippen molar-refractivity contribution in [1.82, 2.24) is 9.80 Å². The molecule has 3 rings (SSSR count). The van der Waals surface area contributed by atoms with E-state index in [1.165, 1.54) is 18.2 Å². The molecule has 0 radical (unpaired) electrons. The van der Waals surface area contributed by atoms with Crippen LogP contribution in [0.15, 0.2) is 24.8 Å². The molecule has 146 valence electrons. The molecule has 0 aliphatic carbocycles. The molecule has 2 amide bonds. The zero-order chi connectivity index (χ0) is 19.6. The summed E-state index contributed by atoms with van der Waals surface area (Å²) < 4.78 is 0. The maximum atomic E-state index is 12.5. The number of benzene rings is 1. The summed E-state index contributed by atoms with van der Waals surface area (Å²) in [6, 6.07) is 2.85. The van der Waals surface area contributed by atoms with Gasteiger partial charge in [-0.3, -0.25) is 9.59 Å². The van der Waals surface area contributed by atoms with Crippen molar-refractivity contribution < 1.29 is 14.7 Å². The fraction of sp³-hybridized carbons (Fsp3) is 0.474. The maximum absolute atomic E-state index is 12.5. The highest BCUT2D eigenvalue weighted by atomic mass is 35.5. The first-order valence-corrected chi connectivity index (χ1v) is 9.70. The Morgan fingerprint density at radius 1 is 1.15 bits per heavy atom. The summed E-state index contributed by atoms with van der Waals surface area (Å²) in [5.41, 5.74) is 0.491. The Bertz CT molecular complexity index is 761. The lowest BCUT2D eigenvalue weighted by Crippen LogP contribution is -2.46. The number of amides is 2. The largest absolute Gasteiger partial charge is 0.506 e. The van der Waals surface area contributed by atoms with Gasteiger partial charge in [0.15, 0.2) is 0 Å². The van der Waals surface area contributed by atoms with Crippen LogP contribution in [0.4, 0.5) is 5.69 Å². The number of nitrogens with one attached hydrogen (secondary N) is 1. The molecule has 8 heteroatoms. The molecule has 0 atom stereocenters. The average molecular weight is 412 g/mol. The Kier molecular flexibility index (Phi) is 5.86. The van der Waals surface area contributed by atoms with Crippen LogP contribution < -0.4 is 5.32 Å². The van der Waals surface area contributed by atoms with Crippen molar-refractivity contribution in [3.05, 3.63) is 34.8 Å². The zero-order valence-corrected chi connectivity index (χ0v) is 16.5.